The van der Waals surface area contributed by atoms with Crippen LogP contribution in [0, 0.1) is 0 Å². The number of carbonyl (C=O) groups excluding carboxylic acids is 2. The third kappa shape index (κ3) is 5.80. The predicted octanol–water partition coefficient (Wildman–Crippen LogP) is 1.82. The van der Waals surface area contributed by atoms with Crippen LogP contribution in [0.5, 0.6) is 0 Å². The van der Waals surface area contributed by atoms with Crippen molar-refractivity contribution in [3.63, 3.8) is 0 Å². The molecule has 0 amide bonds. The summed E-state index contributed by atoms with van der Waals surface area (Å²) >= 11 is 2.18. The molecule has 0 aromatic carbocycles. The number of aliphatic hydroxyl groups is 2. The van der Waals surface area contributed by atoms with Crippen LogP contribution in [0.15, 0.2) is 10.2 Å². The van der Waals surface area contributed by atoms with E-state index in [9.17, 15) is 19.8 Å². The van der Waals surface area contributed by atoms with Gasteiger partial charge in [0.25, 0.3) is 0 Å². The molecule has 3 aliphatic rings. The van der Waals surface area contributed by atoms with Crippen molar-refractivity contribution in [2.45, 2.75) is 100 Å². The molecule has 0 bridgehead atoms. The number of Topliss-reactive ketones (excluding diaryl/α,β-unsaturated/α-hetero) is 1. The van der Waals surface area contributed by atoms with Gasteiger partial charge >= 0.3 is 5.97 Å². The van der Waals surface area contributed by atoms with Crippen molar-refractivity contribution in [1.29, 1.82) is 0 Å². The number of ketones is 1. The number of aliphatic hydroxyl groups excluding tert-OH is 2. The van der Waals surface area contributed by atoms with Gasteiger partial charge in [-0.2, -0.15) is 0 Å². The Hall–Kier alpha value is -0.590. The van der Waals surface area contributed by atoms with Crippen molar-refractivity contribution in [3.8, 4) is 0 Å². The Morgan fingerprint density at radius 3 is 2.40 bits per heavy atom. The van der Waals surface area contributed by atoms with Gasteiger partial charge in [-0.05, 0) is 58.3 Å². The normalized spacial score (nSPS) is 37.9. The molecule has 3 heterocycles. The van der Waals surface area contributed by atoms with E-state index in [-0.39, 0.29) is 36.8 Å². The molecule has 2 N–H and O–H groups in total. The van der Waals surface area contributed by atoms with Gasteiger partial charge in [-0.1, -0.05) is 6.58 Å². The van der Waals surface area contributed by atoms with E-state index >= 15 is 0 Å². The minimum Gasteiger partial charge on any atom is -0.469 e. The lowest BCUT2D eigenvalue weighted by Gasteiger charge is -2.46. The summed E-state index contributed by atoms with van der Waals surface area (Å²) in [5.74, 6) is -0.338. The summed E-state index contributed by atoms with van der Waals surface area (Å²) in [6.45, 7) is 3.84. The monoisotopic (exact) mass is 538 g/mol. The van der Waals surface area contributed by atoms with Gasteiger partial charge in [0.15, 0.2) is 0 Å². The van der Waals surface area contributed by atoms with Gasteiger partial charge in [0.2, 0.25) is 0 Å². The largest absolute Gasteiger partial charge is 0.469 e. The highest BCUT2D eigenvalue weighted by Crippen LogP contribution is 2.40. The maximum Gasteiger partial charge on any atom is 0.308 e. The maximum absolute atomic E-state index is 12.3. The van der Waals surface area contributed by atoms with Crippen molar-refractivity contribution in [2.24, 2.45) is 0 Å². The molecule has 0 aliphatic carbocycles. The Balaban J connectivity index is 1.53. The summed E-state index contributed by atoms with van der Waals surface area (Å²) in [7, 11) is 1.33. The lowest BCUT2D eigenvalue weighted by molar-refractivity contribution is -0.259. The zero-order valence-electron chi connectivity index (χ0n) is 17.2. The number of carbonyl (C=O) groups is 2. The summed E-state index contributed by atoms with van der Waals surface area (Å²) in [4.78, 5) is 23.8. The van der Waals surface area contributed by atoms with Crippen LogP contribution in [-0.4, -0.2) is 77.9 Å². The molecule has 8 atom stereocenters. The molecular weight excluding hydrogens is 507 g/mol. The molecule has 170 valence electrons. The van der Waals surface area contributed by atoms with Gasteiger partial charge < -0.3 is 29.2 Å². The Morgan fingerprint density at radius 2 is 1.70 bits per heavy atom. The summed E-state index contributed by atoms with van der Waals surface area (Å²) in [6, 6.07) is 0. The van der Waals surface area contributed by atoms with Crippen molar-refractivity contribution in [2.75, 3.05) is 7.11 Å². The molecule has 3 fully saturated rings. The zero-order chi connectivity index (χ0) is 21.8. The van der Waals surface area contributed by atoms with Gasteiger partial charge in [0.05, 0.1) is 31.8 Å². The van der Waals surface area contributed by atoms with Crippen LogP contribution in [0.25, 0.3) is 0 Å². The van der Waals surface area contributed by atoms with E-state index in [1.165, 1.54) is 7.11 Å². The van der Waals surface area contributed by atoms with E-state index in [1.54, 1.807) is 0 Å². The number of ether oxygens (including phenoxy) is 4. The van der Waals surface area contributed by atoms with Crippen LogP contribution in [0.2, 0.25) is 0 Å². The highest BCUT2D eigenvalue weighted by molar-refractivity contribution is 14.1. The van der Waals surface area contributed by atoms with Crippen molar-refractivity contribution in [1.82, 2.24) is 0 Å². The highest BCUT2D eigenvalue weighted by atomic mass is 127. The number of allylic oxidation sites excluding steroid dienone is 1. The Kier molecular flexibility index (Phi) is 8.68. The smallest absolute Gasteiger partial charge is 0.308 e. The number of unbranched alkanes of at least 4 members (excludes halogenated alkanes) is 1. The minimum atomic E-state index is -1.00. The second-order valence-electron chi connectivity index (χ2n) is 8.31. The first kappa shape index (κ1) is 24.1. The minimum absolute atomic E-state index is 0.0260. The molecule has 9 heteroatoms. The summed E-state index contributed by atoms with van der Waals surface area (Å²) in [5.41, 5.74) is 0. The van der Waals surface area contributed by atoms with Crippen LogP contribution < -0.4 is 0 Å². The van der Waals surface area contributed by atoms with Crippen LogP contribution in [0.4, 0.5) is 0 Å². The molecule has 0 spiro atoms. The third-order valence-electron chi connectivity index (χ3n) is 6.07. The van der Waals surface area contributed by atoms with E-state index in [1.807, 2.05) is 0 Å². The number of halogens is 1. The third-order valence-corrected chi connectivity index (χ3v) is 6.61. The fourth-order valence-corrected chi connectivity index (χ4v) is 4.86. The summed E-state index contributed by atoms with van der Waals surface area (Å²) in [6.07, 6.45) is -1.10. The maximum atomic E-state index is 12.3. The topological polar surface area (TPSA) is 112 Å². The molecule has 30 heavy (non-hydrogen) atoms. The molecule has 3 aliphatic heterocycles. The standard InChI is InChI=1S/C21H31IO8/c1-11(22)5-3-4-6-12(23)9-15-17(25)20-21(30-15)18(26)19-14(29-20)8-7-13(28-19)10-16(24)27-2/h13-15,17-21,25-26H,1,3-10H2,2H3/t13-,14+,15?,17+,18+,19+,20?,21?/m1/s1. The van der Waals surface area contributed by atoms with Crippen molar-refractivity contribution in [3.05, 3.63) is 10.2 Å². The van der Waals surface area contributed by atoms with Gasteiger partial charge in [0, 0.05) is 12.8 Å². The molecule has 0 saturated carbocycles. The van der Waals surface area contributed by atoms with E-state index in [4.69, 9.17) is 14.2 Å². The SMILES string of the molecule is C=C(I)CCCCC(=O)CC1OC2C(O[C@H]3CC[C@H](CC(=O)OC)O[C@@H]3[C@@H]2O)[C@H]1O. The molecule has 0 radical (unpaired) electrons. The van der Waals surface area contributed by atoms with E-state index in [0.717, 1.165) is 22.8 Å². The first-order valence-electron chi connectivity index (χ1n) is 10.5. The zero-order valence-corrected chi connectivity index (χ0v) is 19.4. The first-order valence-corrected chi connectivity index (χ1v) is 11.6. The molecule has 3 rings (SSSR count). The molecule has 0 aromatic heterocycles. The second-order valence-corrected chi connectivity index (χ2v) is 9.83. The van der Waals surface area contributed by atoms with Crippen LogP contribution in [0.3, 0.4) is 0 Å². The predicted molar refractivity (Wildman–Crippen MR) is 115 cm³/mol. The fraction of sp³-hybridized carbons (Fsp3) is 0.810. The Labute approximate surface area is 190 Å². The average molecular weight is 538 g/mol. The van der Waals surface area contributed by atoms with Gasteiger partial charge in [-0.3, -0.25) is 9.59 Å². The summed E-state index contributed by atoms with van der Waals surface area (Å²) in [5, 5.41) is 21.5. The number of rotatable bonds is 9. The molecular formula is C21H31IO8. The number of methoxy groups -OCH3 is 1. The Morgan fingerprint density at radius 1 is 1.00 bits per heavy atom. The summed E-state index contributed by atoms with van der Waals surface area (Å²) < 4.78 is 23.5. The van der Waals surface area contributed by atoms with Crippen molar-refractivity contribution < 1.29 is 38.7 Å². The first-order chi connectivity index (χ1) is 14.3. The lowest BCUT2D eigenvalue weighted by atomic mass is 9.87. The number of esters is 1. The van der Waals surface area contributed by atoms with Gasteiger partial charge in [0.1, 0.15) is 36.3 Å². The Bertz CT molecular complexity index is 640. The van der Waals surface area contributed by atoms with E-state index in [2.05, 4.69) is 33.9 Å². The second kappa shape index (κ2) is 10.8. The molecule has 3 unspecified atom stereocenters. The van der Waals surface area contributed by atoms with Crippen molar-refractivity contribution >= 4 is 34.3 Å². The molecule has 0 aromatic rings. The number of hydrogen-bond donors (Lipinski definition) is 2. The number of fused-ring (bicyclic) bond motifs is 2. The average Bonchev–Trinajstić information content (AvgIpc) is 3.01. The van der Waals surface area contributed by atoms with Crippen LogP contribution in [-0.2, 0) is 28.5 Å². The quantitative estimate of drug-likeness (QED) is 0.260. The van der Waals surface area contributed by atoms with E-state index < -0.39 is 36.6 Å². The van der Waals surface area contributed by atoms with E-state index in [0.29, 0.717) is 19.3 Å². The van der Waals surface area contributed by atoms with Crippen LogP contribution >= 0.6 is 22.6 Å². The molecule has 3 saturated heterocycles. The fourth-order valence-electron chi connectivity index (χ4n) is 4.48. The van der Waals surface area contributed by atoms with Gasteiger partial charge in [-0.25, -0.2) is 0 Å². The molecule has 8 nitrogen and oxygen atoms in total. The highest BCUT2D eigenvalue weighted by Gasteiger charge is 2.57. The number of hydrogen-bond acceptors (Lipinski definition) is 8. The lowest BCUT2D eigenvalue weighted by Crippen LogP contribution is -2.61. The van der Waals surface area contributed by atoms with Gasteiger partial charge in [-0.15, -0.1) is 0 Å². The van der Waals surface area contributed by atoms with Crippen LogP contribution in [0.1, 0.15) is 51.4 Å².